The maximum atomic E-state index is 12.4. The summed E-state index contributed by atoms with van der Waals surface area (Å²) in [7, 11) is 0. The SMILES string of the molecule is CCNC(=O)CN1CCN(C(=O)[C@H]2CCCNC2)CC1. The molecule has 2 fully saturated rings. The molecule has 2 heterocycles. The monoisotopic (exact) mass is 282 g/mol. The van der Waals surface area contributed by atoms with E-state index in [1.54, 1.807) is 0 Å². The van der Waals surface area contributed by atoms with Gasteiger partial charge in [-0.3, -0.25) is 14.5 Å². The van der Waals surface area contributed by atoms with Crippen molar-refractivity contribution < 1.29 is 9.59 Å². The Balaban J connectivity index is 1.73. The van der Waals surface area contributed by atoms with Crippen molar-refractivity contribution in [1.29, 1.82) is 0 Å². The quantitative estimate of drug-likeness (QED) is 0.713. The molecule has 2 aliphatic rings. The zero-order valence-electron chi connectivity index (χ0n) is 12.4. The molecule has 0 aromatic heterocycles. The Bertz CT molecular complexity index is 334. The minimum atomic E-state index is 0.0729. The second-order valence-corrected chi connectivity index (χ2v) is 5.60. The number of nitrogens with zero attached hydrogens (tertiary/aromatic N) is 2. The number of amides is 2. The van der Waals surface area contributed by atoms with Gasteiger partial charge in [0, 0.05) is 39.3 Å². The molecular weight excluding hydrogens is 256 g/mol. The van der Waals surface area contributed by atoms with Gasteiger partial charge >= 0.3 is 0 Å². The number of nitrogens with one attached hydrogen (secondary N) is 2. The van der Waals surface area contributed by atoms with Crippen LogP contribution in [0.5, 0.6) is 0 Å². The molecule has 6 nitrogen and oxygen atoms in total. The van der Waals surface area contributed by atoms with Crippen LogP contribution in [0.3, 0.4) is 0 Å². The number of rotatable bonds is 4. The van der Waals surface area contributed by atoms with Crippen LogP contribution in [-0.4, -0.2) is 74.0 Å². The van der Waals surface area contributed by atoms with E-state index in [1.165, 1.54) is 0 Å². The van der Waals surface area contributed by atoms with Crippen LogP contribution in [0.15, 0.2) is 0 Å². The smallest absolute Gasteiger partial charge is 0.234 e. The Kier molecular flexibility index (Phi) is 5.79. The average Bonchev–Trinajstić information content (AvgIpc) is 2.48. The van der Waals surface area contributed by atoms with Gasteiger partial charge in [-0.25, -0.2) is 0 Å². The van der Waals surface area contributed by atoms with E-state index in [0.717, 1.165) is 52.1 Å². The normalized spacial score (nSPS) is 24.4. The molecule has 2 saturated heterocycles. The van der Waals surface area contributed by atoms with E-state index in [4.69, 9.17) is 0 Å². The lowest BCUT2D eigenvalue weighted by molar-refractivity contribution is -0.138. The van der Waals surface area contributed by atoms with Crippen LogP contribution in [0, 0.1) is 5.92 Å². The summed E-state index contributed by atoms with van der Waals surface area (Å²) < 4.78 is 0. The van der Waals surface area contributed by atoms with Crippen LogP contribution in [0.1, 0.15) is 19.8 Å². The van der Waals surface area contributed by atoms with Crippen molar-refractivity contribution in [3.8, 4) is 0 Å². The summed E-state index contributed by atoms with van der Waals surface area (Å²) in [5.74, 6) is 0.511. The third-order valence-corrected chi connectivity index (χ3v) is 4.07. The zero-order valence-corrected chi connectivity index (χ0v) is 12.4. The highest BCUT2D eigenvalue weighted by atomic mass is 16.2. The predicted octanol–water partition coefficient (Wildman–Crippen LogP) is -0.734. The first-order chi connectivity index (χ1) is 9.70. The lowest BCUT2D eigenvalue weighted by Crippen LogP contribution is -2.53. The van der Waals surface area contributed by atoms with Gasteiger partial charge in [-0.1, -0.05) is 0 Å². The molecule has 0 bridgehead atoms. The summed E-state index contributed by atoms with van der Waals surface area (Å²) in [6, 6.07) is 0. The van der Waals surface area contributed by atoms with Gasteiger partial charge < -0.3 is 15.5 Å². The Labute approximate surface area is 120 Å². The van der Waals surface area contributed by atoms with E-state index in [2.05, 4.69) is 15.5 Å². The van der Waals surface area contributed by atoms with E-state index >= 15 is 0 Å². The molecule has 2 rings (SSSR count). The van der Waals surface area contributed by atoms with Crippen molar-refractivity contribution in [3.63, 3.8) is 0 Å². The first-order valence-electron chi connectivity index (χ1n) is 7.69. The first kappa shape index (κ1) is 15.3. The highest BCUT2D eigenvalue weighted by Crippen LogP contribution is 2.14. The number of likely N-dealkylation sites (N-methyl/N-ethyl adjacent to an activating group) is 1. The van der Waals surface area contributed by atoms with Crippen molar-refractivity contribution in [2.45, 2.75) is 19.8 Å². The van der Waals surface area contributed by atoms with E-state index in [-0.39, 0.29) is 17.7 Å². The van der Waals surface area contributed by atoms with E-state index in [0.29, 0.717) is 13.1 Å². The standard InChI is InChI=1S/C14H26N4O2/c1-2-16-13(19)11-17-6-8-18(9-7-17)14(20)12-4-3-5-15-10-12/h12,15H,2-11H2,1H3,(H,16,19)/t12-/m0/s1. The van der Waals surface area contributed by atoms with Gasteiger partial charge in [0.15, 0.2) is 0 Å². The molecule has 0 saturated carbocycles. The molecule has 1 atom stereocenters. The van der Waals surface area contributed by atoms with Crippen LogP contribution in [0.25, 0.3) is 0 Å². The third kappa shape index (κ3) is 4.18. The van der Waals surface area contributed by atoms with Gasteiger partial charge in [0.1, 0.15) is 0 Å². The number of piperidine rings is 1. The maximum Gasteiger partial charge on any atom is 0.234 e. The molecule has 0 unspecified atom stereocenters. The molecule has 6 heteroatoms. The largest absolute Gasteiger partial charge is 0.355 e. The van der Waals surface area contributed by atoms with Crippen LogP contribution in [-0.2, 0) is 9.59 Å². The zero-order chi connectivity index (χ0) is 14.4. The highest BCUT2D eigenvalue weighted by Gasteiger charge is 2.28. The van der Waals surface area contributed by atoms with Crippen molar-refractivity contribution >= 4 is 11.8 Å². The molecule has 20 heavy (non-hydrogen) atoms. The summed E-state index contributed by atoms with van der Waals surface area (Å²) in [5, 5.41) is 6.10. The summed E-state index contributed by atoms with van der Waals surface area (Å²) >= 11 is 0. The topological polar surface area (TPSA) is 64.7 Å². The Morgan fingerprint density at radius 2 is 2.00 bits per heavy atom. The fourth-order valence-electron chi connectivity index (χ4n) is 2.90. The predicted molar refractivity (Wildman–Crippen MR) is 77.3 cm³/mol. The maximum absolute atomic E-state index is 12.4. The number of carbonyl (C=O) groups excluding carboxylic acids is 2. The molecule has 0 spiro atoms. The summed E-state index contributed by atoms with van der Waals surface area (Å²) in [6.07, 6.45) is 2.10. The van der Waals surface area contributed by atoms with E-state index in [9.17, 15) is 9.59 Å². The lowest BCUT2D eigenvalue weighted by atomic mass is 9.98. The lowest BCUT2D eigenvalue weighted by Gasteiger charge is -2.36. The molecule has 0 aromatic carbocycles. The Morgan fingerprint density at radius 3 is 2.60 bits per heavy atom. The number of hydrogen-bond acceptors (Lipinski definition) is 4. The Morgan fingerprint density at radius 1 is 1.25 bits per heavy atom. The minimum Gasteiger partial charge on any atom is -0.355 e. The molecule has 114 valence electrons. The van der Waals surface area contributed by atoms with Gasteiger partial charge in [0.25, 0.3) is 0 Å². The third-order valence-electron chi connectivity index (χ3n) is 4.07. The molecule has 0 radical (unpaired) electrons. The van der Waals surface area contributed by atoms with Gasteiger partial charge in [-0.2, -0.15) is 0 Å². The van der Waals surface area contributed by atoms with Gasteiger partial charge in [-0.05, 0) is 26.3 Å². The number of hydrogen-bond donors (Lipinski definition) is 2. The van der Waals surface area contributed by atoms with Crippen molar-refractivity contribution in [2.75, 3.05) is 52.4 Å². The summed E-state index contributed by atoms with van der Waals surface area (Å²) in [4.78, 5) is 28.0. The van der Waals surface area contributed by atoms with Crippen LogP contribution >= 0.6 is 0 Å². The molecule has 0 aliphatic carbocycles. The molecule has 2 N–H and O–H groups in total. The fourth-order valence-corrected chi connectivity index (χ4v) is 2.90. The number of piperazine rings is 1. The van der Waals surface area contributed by atoms with Crippen molar-refractivity contribution in [2.24, 2.45) is 5.92 Å². The second kappa shape index (κ2) is 7.59. The van der Waals surface area contributed by atoms with Gasteiger partial charge in [-0.15, -0.1) is 0 Å². The molecular formula is C14H26N4O2. The van der Waals surface area contributed by atoms with Crippen LogP contribution in [0.2, 0.25) is 0 Å². The number of carbonyl (C=O) groups is 2. The van der Waals surface area contributed by atoms with Crippen molar-refractivity contribution in [3.05, 3.63) is 0 Å². The minimum absolute atomic E-state index is 0.0729. The van der Waals surface area contributed by atoms with Gasteiger partial charge in [0.05, 0.1) is 12.5 Å². The van der Waals surface area contributed by atoms with Crippen molar-refractivity contribution in [1.82, 2.24) is 20.4 Å². The van der Waals surface area contributed by atoms with Crippen LogP contribution in [0.4, 0.5) is 0 Å². The second-order valence-electron chi connectivity index (χ2n) is 5.60. The summed E-state index contributed by atoms with van der Waals surface area (Å²) in [5.41, 5.74) is 0. The average molecular weight is 282 g/mol. The Hall–Kier alpha value is -1.14. The highest BCUT2D eigenvalue weighted by molar-refractivity contribution is 5.79. The van der Waals surface area contributed by atoms with Crippen LogP contribution < -0.4 is 10.6 Å². The molecule has 2 aliphatic heterocycles. The summed E-state index contributed by atoms with van der Waals surface area (Å²) in [6.45, 7) is 7.97. The molecule has 0 aromatic rings. The van der Waals surface area contributed by atoms with Gasteiger partial charge in [0.2, 0.25) is 11.8 Å². The fraction of sp³-hybridized carbons (Fsp3) is 0.857. The molecule has 2 amide bonds. The first-order valence-corrected chi connectivity index (χ1v) is 7.69. The van der Waals surface area contributed by atoms with E-state index in [1.807, 2.05) is 11.8 Å². The van der Waals surface area contributed by atoms with E-state index < -0.39 is 0 Å².